The highest BCUT2D eigenvalue weighted by Gasteiger charge is 2.36. The summed E-state index contributed by atoms with van der Waals surface area (Å²) in [7, 11) is 0. The number of benzene rings is 1. The number of nitrogens with two attached hydrogens (primary N) is 1. The predicted octanol–water partition coefficient (Wildman–Crippen LogP) is 1.47. The monoisotopic (exact) mass is 304 g/mol. The van der Waals surface area contributed by atoms with E-state index in [0.29, 0.717) is 11.1 Å². The summed E-state index contributed by atoms with van der Waals surface area (Å²) in [5, 5.41) is 18.3. The van der Waals surface area contributed by atoms with Crippen LogP contribution < -0.4 is 5.73 Å². The van der Waals surface area contributed by atoms with Crippen LogP contribution in [-0.2, 0) is 20.7 Å². The lowest BCUT2D eigenvalue weighted by Crippen LogP contribution is -2.45. The third-order valence-corrected chi connectivity index (χ3v) is 2.95. The zero-order chi connectivity index (χ0) is 16.9. The van der Waals surface area contributed by atoms with E-state index in [1.165, 1.54) is 0 Å². The number of hydrogen-bond donors (Lipinski definition) is 2. The molecule has 0 saturated heterocycles. The first-order valence-electron chi connectivity index (χ1n) is 6.85. The van der Waals surface area contributed by atoms with Crippen LogP contribution in [0.2, 0.25) is 0 Å². The van der Waals surface area contributed by atoms with Gasteiger partial charge in [0.15, 0.2) is 5.92 Å². The van der Waals surface area contributed by atoms with Gasteiger partial charge in [-0.25, -0.2) is 0 Å². The number of nitrogens with zero attached hydrogens (tertiary/aromatic N) is 1. The second-order valence-electron chi connectivity index (χ2n) is 5.99. The number of carboxylic acid groups (broad SMARTS) is 1. The van der Waals surface area contributed by atoms with Crippen molar-refractivity contribution in [2.24, 2.45) is 11.7 Å². The summed E-state index contributed by atoms with van der Waals surface area (Å²) in [4.78, 5) is 23.4. The Kier molecular flexibility index (Phi) is 5.66. The number of esters is 1. The minimum atomic E-state index is -1.48. The number of carbonyl (C=O) groups is 2. The zero-order valence-corrected chi connectivity index (χ0v) is 12.9. The Morgan fingerprint density at radius 3 is 2.45 bits per heavy atom. The van der Waals surface area contributed by atoms with Crippen molar-refractivity contribution in [3.8, 4) is 6.07 Å². The largest absolute Gasteiger partial charge is 0.481 e. The Morgan fingerprint density at radius 1 is 1.36 bits per heavy atom. The highest BCUT2D eigenvalue weighted by Crippen LogP contribution is 2.18. The third kappa shape index (κ3) is 4.86. The molecule has 2 atom stereocenters. The average molecular weight is 304 g/mol. The predicted molar refractivity (Wildman–Crippen MR) is 79.8 cm³/mol. The van der Waals surface area contributed by atoms with Crippen LogP contribution in [0.3, 0.4) is 0 Å². The molecule has 0 amide bonds. The maximum Gasteiger partial charge on any atom is 0.322 e. The van der Waals surface area contributed by atoms with Gasteiger partial charge >= 0.3 is 11.9 Å². The fourth-order valence-electron chi connectivity index (χ4n) is 2.00. The van der Waals surface area contributed by atoms with Crippen molar-refractivity contribution >= 4 is 11.9 Å². The van der Waals surface area contributed by atoms with E-state index in [-0.39, 0.29) is 6.42 Å². The van der Waals surface area contributed by atoms with Gasteiger partial charge in [-0.1, -0.05) is 18.2 Å². The lowest BCUT2D eigenvalue weighted by atomic mass is 9.92. The first-order chi connectivity index (χ1) is 10.2. The Labute approximate surface area is 129 Å². The molecule has 0 radical (unpaired) electrons. The van der Waals surface area contributed by atoms with E-state index in [9.17, 15) is 14.7 Å². The lowest BCUT2D eigenvalue weighted by Gasteiger charge is -2.25. The second kappa shape index (κ2) is 7.05. The van der Waals surface area contributed by atoms with E-state index in [0.717, 1.165) is 0 Å². The van der Waals surface area contributed by atoms with Gasteiger partial charge in [0.2, 0.25) is 0 Å². The summed E-state index contributed by atoms with van der Waals surface area (Å²) in [6.45, 7) is 4.96. The molecule has 1 aromatic rings. The Balaban J connectivity index is 2.95. The van der Waals surface area contributed by atoms with Crippen molar-refractivity contribution < 1.29 is 19.4 Å². The second-order valence-corrected chi connectivity index (χ2v) is 5.99. The number of hydrogen-bond acceptors (Lipinski definition) is 5. The molecule has 22 heavy (non-hydrogen) atoms. The highest BCUT2D eigenvalue weighted by atomic mass is 16.6. The van der Waals surface area contributed by atoms with Gasteiger partial charge in [0.1, 0.15) is 5.60 Å². The average Bonchev–Trinajstić information content (AvgIpc) is 2.36. The van der Waals surface area contributed by atoms with Crippen LogP contribution in [-0.4, -0.2) is 28.7 Å². The van der Waals surface area contributed by atoms with Crippen molar-refractivity contribution in [1.29, 1.82) is 5.26 Å². The minimum Gasteiger partial charge on any atom is -0.481 e. The van der Waals surface area contributed by atoms with Gasteiger partial charge in [0, 0.05) is 6.04 Å². The van der Waals surface area contributed by atoms with Gasteiger partial charge in [-0.05, 0) is 38.8 Å². The van der Waals surface area contributed by atoms with Crippen LogP contribution in [0, 0.1) is 17.2 Å². The minimum absolute atomic E-state index is 0.0972. The van der Waals surface area contributed by atoms with Crippen molar-refractivity contribution in [3.63, 3.8) is 0 Å². The van der Waals surface area contributed by atoms with Crippen molar-refractivity contribution in [2.75, 3.05) is 0 Å². The Morgan fingerprint density at radius 2 is 1.95 bits per heavy atom. The van der Waals surface area contributed by atoms with E-state index in [2.05, 4.69) is 0 Å². The summed E-state index contributed by atoms with van der Waals surface area (Å²) in [5.41, 5.74) is 6.12. The Bertz CT molecular complexity index is 599. The molecule has 0 aromatic heterocycles. The van der Waals surface area contributed by atoms with E-state index < -0.39 is 29.5 Å². The van der Waals surface area contributed by atoms with Crippen molar-refractivity contribution in [1.82, 2.24) is 0 Å². The van der Waals surface area contributed by atoms with E-state index in [4.69, 9.17) is 15.7 Å². The van der Waals surface area contributed by atoms with Crippen LogP contribution >= 0.6 is 0 Å². The fourth-order valence-corrected chi connectivity index (χ4v) is 2.00. The molecule has 0 fully saturated rings. The molecule has 6 nitrogen and oxygen atoms in total. The number of carbonyl (C=O) groups excluding carboxylic acids is 1. The maximum absolute atomic E-state index is 12.0. The first-order valence-corrected chi connectivity index (χ1v) is 6.85. The van der Waals surface area contributed by atoms with E-state index in [1.54, 1.807) is 45.0 Å². The molecule has 0 aliphatic carbocycles. The molecule has 0 heterocycles. The van der Waals surface area contributed by atoms with Gasteiger partial charge < -0.3 is 15.6 Å². The van der Waals surface area contributed by atoms with Crippen LogP contribution in [0.1, 0.15) is 31.9 Å². The standard InChI is InChI=1S/C16H20N2O4/c1-16(2,3)22-15(21)13(14(19)20)12(18)8-10-6-4-5-7-11(10)9-17/h4-7,12-13H,8,18H2,1-3H3,(H,19,20)/t12-,13+/m1/s1. The highest BCUT2D eigenvalue weighted by molar-refractivity contribution is 5.95. The first kappa shape index (κ1) is 17.7. The molecule has 0 spiro atoms. The van der Waals surface area contributed by atoms with Gasteiger partial charge in [-0.3, -0.25) is 9.59 Å². The lowest BCUT2D eigenvalue weighted by molar-refractivity contribution is -0.167. The number of ether oxygens (including phenoxy) is 1. The van der Waals surface area contributed by atoms with Gasteiger partial charge in [-0.2, -0.15) is 5.26 Å². The topological polar surface area (TPSA) is 113 Å². The van der Waals surface area contributed by atoms with Crippen LogP contribution in [0.15, 0.2) is 24.3 Å². The van der Waals surface area contributed by atoms with Crippen molar-refractivity contribution in [2.45, 2.75) is 38.8 Å². The van der Waals surface area contributed by atoms with Gasteiger partial charge in [0.05, 0.1) is 11.6 Å². The summed E-state index contributed by atoms with van der Waals surface area (Å²) in [5.74, 6) is -3.69. The van der Waals surface area contributed by atoms with Gasteiger partial charge in [0.25, 0.3) is 0 Å². The van der Waals surface area contributed by atoms with Gasteiger partial charge in [-0.15, -0.1) is 0 Å². The number of aliphatic carboxylic acids is 1. The number of nitriles is 1. The molecule has 0 aliphatic rings. The normalized spacial score (nSPS) is 13.8. The third-order valence-electron chi connectivity index (χ3n) is 2.95. The maximum atomic E-state index is 12.0. The van der Waals surface area contributed by atoms with E-state index >= 15 is 0 Å². The molecule has 0 bridgehead atoms. The molecule has 1 rings (SSSR count). The molecule has 1 aromatic carbocycles. The molecule has 6 heteroatoms. The quantitative estimate of drug-likeness (QED) is 0.629. The smallest absolute Gasteiger partial charge is 0.322 e. The fraction of sp³-hybridized carbons (Fsp3) is 0.438. The van der Waals surface area contributed by atoms with Crippen LogP contribution in [0.5, 0.6) is 0 Å². The van der Waals surface area contributed by atoms with Crippen LogP contribution in [0.25, 0.3) is 0 Å². The summed E-state index contributed by atoms with van der Waals surface area (Å²) < 4.78 is 5.11. The van der Waals surface area contributed by atoms with Crippen molar-refractivity contribution in [3.05, 3.63) is 35.4 Å². The number of rotatable bonds is 5. The zero-order valence-electron chi connectivity index (χ0n) is 12.9. The molecular weight excluding hydrogens is 284 g/mol. The molecule has 0 saturated carbocycles. The molecule has 118 valence electrons. The molecule has 0 aliphatic heterocycles. The summed E-state index contributed by atoms with van der Waals surface area (Å²) >= 11 is 0. The Hall–Kier alpha value is -2.39. The molecule has 3 N–H and O–H groups in total. The summed E-state index contributed by atoms with van der Waals surface area (Å²) in [6, 6.07) is 7.77. The van der Waals surface area contributed by atoms with E-state index in [1.807, 2.05) is 6.07 Å². The summed E-state index contributed by atoms with van der Waals surface area (Å²) in [6.07, 6.45) is 0.0972. The number of carboxylic acids is 1. The SMILES string of the molecule is CC(C)(C)OC(=O)[C@H](C(=O)O)[C@H](N)Cc1ccccc1C#N. The molecular formula is C16H20N2O4. The van der Waals surface area contributed by atoms with Crippen LogP contribution in [0.4, 0.5) is 0 Å². The molecule has 0 unspecified atom stereocenters.